The van der Waals surface area contributed by atoms with E-state index in [1.54, 1.807) is 0 Å². The molecule has 1 N–H and O–H groups in total. The molecule has 12 heteroatoms. The fraction of sp³-hybridized carbons (Fsp3) is 0.350. The molecule has 166 valence electrons. The van der Waals surface area contributed by atoms with Crippen molar-refractivity contribution in [3.63, 3.8) is 0 Å². The third-order valence-electron chi connectivity index (χ3n) is 5.02. The highest BCUT2D eigenvalue weighted by atomic mass is 32.2. The van der Waals surface area contributed by atoms with Crippen molar-refractivity contribution in [2.45, 2.75) is 43.6 Å². The summed E-state index contributed by atoms with van der Waals surface area (Å²) in [6.07, 6.45) is -0.993. The Bertz CT molecular complexity index is 1160. The van der Waals surface area contributed by atoms with Gasteiger partial charge in [0.15, 0.2) is 0 Å². The smallest absolute Gasteiger partial charge is 0.310 e. The van der Waals surface area contributed by atoms with Gasteiger partial charge in [-0.3, -0.25) is 9.36 Å². The highest BCUT2D eigenvalue weighted by Crippen LogP contribution is 2.35. The number of hydrogen-bond donors (Lipinski definition) is 1. The summed E-state index contributed by atoms with van der Waals surface area (Å²) < 4.78 is 40.4. The van der Waals surface area contributed by atoms with Crippen LogP contribution in [0.2, 0.25) is 0 Å². The number of anilines is 1. The van der Waals surface area contributed by atoms with Crippen molar-refractivity contribution in [2.24, 2.45) is 0 Å². The van der Waals surface area contributed by atoms with E-state index in [0.29, 0.717) is 16.1 Å². The lowest BCUT2D eigenvalue weighted by Crippen LogP contribution is -2.21. The number of nitrogens with zero attached hydrogens (tertiary/aromatic N) is 6. The first-order valence-electron chi connectivity index (χ1n) is 9.85. The van der Waals surface area contributed by atoms with E-state index >= 15 is 0 Å². The number of nitriles is 1. The summed E-state index contributed by atoms with van der Waals surface area (Å²) in [5, 5.41) is 22.6. The summed E-state index contributed by atoms with van der Waals surface area (Å²) in [5.74, 6) is -0.306. The van der Waals surface area contributed by atoms with Gasteiger partial charge >= 0.3 is 6.18 Å². The van der Waals surface area contributed by atoms with Gasteiger partial charge in [-0.1, -0.05) is 30.0 Å². The van der Waals surface area contributed by atoms with Crippen molar-refractivity contribution in [3.8, 4) is 11.8 Å². The summed E-state index contributed by atoms with van der Waals surface area (Å²) in [6.45, 7) is -1.34. The molecule has 1 aliphatic carbocycles. The Morgan fingerprint density at radius 1 is 1.22 bits per heavy atom. The number of fused-ring (bicyclic) bond motifs is 1. The summed E-state index contributed by atoms with van der Waals surface area (Å²) in [5.41, 5.74) is 3.17. The van der Waals surface area contributed by atoms with Gasteiger partial charge in [0.25, 0.3) is 0 Å². The zero-order chi connectivity index (χ0) is 22.7. The number of carbonyl (C=O) groups excluding carboxylic acids is 1. The molecule has 4 rings (SSSR count). The van der Waals surface area contributed by atoms with Gasteiger partial charge in [-0.05, 0) is 53.8 Å². The van der Waals surface area contributed by atoms with Crippen LogP contribution in [0.4, 0.5) is 19.0 Å². The Kier molecular flexibility index (Phi) is 6.18. The molecule has 0 fully saturated rings. The van der Waals surface area contributed by atoms with Crippen molar-refractivity contribution >= 4 is 23.5 Å². The van der Waals surface area contributed by atoms with Crippen LogP contribution in [0.25, 0.3) is 5.69 Å². The van der Waals surface area contributed by atoms with Crippen molar-refractivity contribution in [1.29, 1.82) is 5.26 Å². The highest BCUT2D eigenvalue weighted by molar-refractivity contribution is 7.99. The number of thioether (sulfide) groups is 1. The molecule has 1 aliphatic rings. The zero-order valence-electron chi connectivity index (χ0n) is 16.8. The lowest BCUT2D eigenvalue weighted by molar-refractivity contribution is -0.144. The second-order valence-corrected chi connectivity index (χ2v) is 8.15. The monoisotopic (exact) mass is 461 g/mol. The third-order valence-corrected chi connectivity index (χ3v) is 5.97. The van der Waals surface area contributed by atoms with Crippen molar-refractivity contribution in [3.05, 3.63) is 47.2 Å². The van der Waals surface area contributed by atoms with Gasteiger partial charge < -0.3 is 5.32 Å². The predicted octanol–water partition coefficient (Wildman–Crippen LogP) is 3.51. The lowest BCUT2D eigenvalue weighted by atomic mass is 9.95. The molecule has 32 heavy (non-hydrogen) atoms. The Morgan fingerprint density at radius 3 is 2.69 bits per heavy atom. The number of tetrazole rings is 1. The van der Waals surface area contributed by atoms with Gasteiger partial charge in [-0.2, -0.15) is 18.4 Å². The van der Waals surface area contributed by atoms with Gasteiger partial charge in [0.05, 0.1) is 11.3 Å². The molecule has 0 unspecified atom stereocenters. The second-order valence-electron chi connectivity index (χ2n) is 7.21. The molecular formula is C20H18F3N7OS. The Morgan fingerprint density at radius 2 is 1.97 bits per heavy atom. The standard InChI is InChI=1S/C20H18F3N7OS/c21-20(22,23)12-29-19(26-27-28-29)32-11-17(31)25-18-15(10-24)14-8-4-5-9-16(14)30(18)13-6-2-1-3-7-13/h1-3,6-7H,4-5,8-9,11-12H2,(H,25,31). The van der Waals surface area contributed by atoms with Gasteiger partial charge in [0.2, 0.25) is 11.1 Å². The van der Waals surface area contributed by atoms with Gasteiger partial charge in [0.1, 0.15) is 18.4 Å². The van der Waals surface area contributed by atoms with Crippen LogP contribution in [0, 0.1) is 11.3 Å². The molecule has 2 heterocycles. The summed E-state index contributed by atoms with van der Waals surface area (Å²) in [7, 11) is 0. The largest absolute Gasteiger partial charge is 0.408 e. The minimum absolute atomic E-state index is 0.115. The normalized spacial score (nSPS) is 13.4. The van der Waals surface area contributed by atoms with E-state index in [2.05, 4.69) is 26.9 Å². The molecule has 0 spiro atoms. The highest BCUT2D eigenvalue weighted by Gasteiger charge is 2.31. The number of nitrogens with one attached hydrogen (secondary N) is 1. The predicted molar refractivity (Wildman–Crippen MR) is 110 cm³/mol. The van der Waals surface area contributed by atoms with E-state index in [-0.39, 0.29) is 10.9 Å². The molecule has 8 nitrogen and oxygen atoms in total. The number of carbonyl (C=O) groups is 1. The molecule has 0 aliphatic heterocycles. The number of benzene rings is 1. The molecule has 2 aromatic heterocycles. The summed E-state index contributed by atoms with van der Waals surface area (Å²) >= 11 is 0.794. The number of rotatable bonds is 6. The minimum Gasteiger partial charge on any atom is -0.310 e. The average Bonchev–Trinajstić information content (AvgIpc) is 3.32. The van der Waals surface area contributed by atoms with Crippen LogP contribution in [-0.2, 0) is 24.2 Å². The number of halogens is 3. The summed E-state index contributed by atoms with van der Waals surface area (Å²) in [6, 6.07) is 11.6. The van der Waals surface area contributed by atoms with Crippen LogP contribution in [0.3, 0.4) is 0 Å². The number of alkyl halides is 3. The lowest BCUT2D eigenvalue weighted by Gasteiger charge is -2.17. The number of aromatic nitrogens is 5. The van der Waals surface area contributed by atoms with E-state index in [1.807, 2.05) is 34.9 Å². The molecule has 0 bridgehead atoms. The fourth-order valence-electron chi connectivity index (χ4n) is 3.76. The van der Waals surface area contributed by atoms with Gasteiger partial charge in [0, 0.05) is 11.4 Å². The van der Waals surface area contributed by atoms with E-state index in [9.17, 15) is 23.2 Å². The first-order valence-corrected chi connectivity index (χ1v) is 10.8. The Balaban J connectivity index is 1.58. The maximum Gasteiger partial charge on any atom is 0.408 e. The SMILES string of the molecule is N#Cc1c2c(n(-c3ccccc3)c1NC(=O)CSc1nnnn1CC(F)(F)F)CCCC2. The van der Waals surface area contributed by atoms with Crippen molar-refractivity contribution < 1.29 is 18.0 Å². The van der Waals surface area contributed by atoms with Crippen molar-refractivity contribution in [2.75, 3.05) is 11.1 Å². The maximum atomic E-state index is 12.7. The first kappa shape index (κ1) is 21.9. The molecule has 0 atom stereocenters. The second kappa shape index (κ2) is 9.04. The van der Waals surface area contributed by atoms with Gasteiger partial charge in [-0.25, -0.2) is 4.68 Å². The van der Waals surface area contributed by atoms with Crippen LogP contribution in [-0.4, -0.2) is 42.6 Å². The van der Waals surface area contributed by atoms with E-state index < -0.39 is 18.6 Å². The molecule has 0 saturated carbocycles. The quantitative estimate of drug-likeness (QED) is 0.564. The topological polar surface area (TPSA) is 101 Å². The zero-order valence-corrected chi connectivity index (χ0v) is 17.6. The molecular weight excluding hydrogens is 443 g/mol. The van der Waals surface area contributed by atoms with E-state index in [4.69, 9.17) is 0 Å². The molecule has 1 amide bonds. The number of hydrogen-bond acceptors (Lipinski definition) is 6. The molecule has 0 saturated heterocycles. The van der Waals surface area contributed by atoms with Crippen LogP contribution in [0.15, 0.2) is 35.5 Å². The molecule has 3 aromatic rings. The van der Waals surface area contributed by atoms with Crippen LogP contribution in [0.1, 0.15) is 29.7 Å². The van der Waals surface area contributed by atoms with Crippen LogP contribution in [0.5, 0.6) is 0 Å². The van der Waals surface area contributed by atoms with Crippen LogP contribution < -0.4 is 5.32 Å². The Labute approximate surface area is 185 Å². The van der Waals surface area contributed by atoms with Crippen molar-refractivity contribution in [1.82, 2.24) is 24.8 Å². The first-order chi connectivity index (χ1) is 15.4. The number of amides is 1. The molecule has 1 aromatic carbocycles. The number of para-hydroxylation sites is 1. The fourth-order valence-corrected chi connectivity index (χ4v) is 4.44. The minimum atomic E-state index is -4.48. The van der Waals surface area contributed by atoms with E-state index in [1.165, 1.54) is 0 Å². The third kappa shape index (κ3) is 4.62. The van der Waals surface area contributed by atoms with Gasteiger partial charge in [-0.15, -0.1) is 5.10 Å². The molecule has 0 radical (unpaired) electrons. The van der Waals surface area contributed by atoms with Crippen LogP contribution >= 0.6 is 11.8 Å². The average molecular weight is 461 g/mol. The summed E-state index contributed by atoms with van der Waals surface area (Å²) in [4.78, 5) is 12.7. The van der Waals surface area contributed by atoms with E-state index in [0.717, 1.165) is 54.4 Å². The Hall–Kier alpha value is -3.33. The maximum absolute atomic E-state index is 12.7.